The Morgan fingerprint density at radius 3 is 2.55 bits per heavy atom. The van der Waals surface area contributed by atoms with E-state index >= 15 is 0 Å². The van der Waals surface area contributed by atoms with Crippen LogP contribution in [0.25, 0.3) is 0 Å². The largest absolute Gasteiger partial charge is 0.327 e. The van der Waals surface area contributed by atoms with Gasteiger partial charge < -0.3 is 4.90 Å². The van der Waals surface area contributed by atoms with E-state index in [1.54, 1.807) is 11.9 Å². The lowest BCUT2D eigenvalue weighted by Crippen LogP contribution is -2.33. The lowest BCUT2D eigenvalue weighted by molar-refractivity contribution is 0.217. The molecule has 0 atom stereocenters. The van der Waals surface area contributed by atoms with Gasteiger partial charge in [-0.15, -0.1) is 0 Å². The van der Waals surface area contributed by atoms with Gasteiger partial charge in [0.05, 0.1) is 0 Å². The number of hydrogen-bond donors (Lipinski definition) is 1. The molecule has 1 N–H and O–H groups in total. The molecule has 0 spiro atoms. The summed E-state index contributed by atoms with van der Waals surface area (Å²) in [5.41, 5.74) is 0. The molecule has 0 aromatic rings. The molecule has 66 valence electrons. The van der Waals surface area contributed by atoms with Gasteiger partial charge in [0.2, 0.25) is 0 Å². The van der Waals surface area contributed by atoms with E-state index in [4.69, 9.17) is 0 Å². The van der Waals surface area contributed by atoms with Crippen LogP contribution in [0.2, 0.25) is 0 Å². The second kappa shape index (κ2) is 5.29. The van der Waals surface area contributed by atoms with E-state index in [9.17, 15) is 4.79 Å². The highest BCUT2D eigenvalue weighted by Crippen LogP contribution is 2.03. The smallest absolute Gasteiger partial charge is 0.327 e. The molecule has 0 aliphatic carbocycles. The van der Waals surface area contributed by atoms with E-state index in [0.717, 1.165) is 6.54 Å². The van der Waals surface area contributed by atoms with Crippen molar-refractivity contribution in [2.45, 2.75) is 26.0 Å². The summed E-state index contributed by atoms with van der Waals surface area (Å²) in [5, 5.41) is 0.434. The molecule has 0 saturated heterocycles. The van der Waals surface area contributed by atoms with Crippen molar-refractivity contribution in [3.05, 3.63) is 0 Å². The molecule has 0 aliphatic rings. The predicted octanol–water partition coefficient (Wildman–Crippen LogP) is 1.70. The van der Waals surface area contributed by atoms with Crippen LogP contribution >= 0.6 is 11.9 Å². The summed E-state index contributed by atoms with van der Waals surface area (Å²) in [6.07, 6.45) is 0. The fourth-order valence-corrected chi connectivity index (χ4v) is 0.882. The van der Waals surface area contributed by atoms with Gasteiger partial charge in [-0.2, -0.15) is 0 Å². The van der Waals surface area contributed by atoms with Crippen molar-refractivity contribution in [2.24, 2.45) is 0 Å². The molecule has 11 heavy (non-hydrogen) atoms. The summed E-state index contributed by atoms with van der Waals surface area (Å²) in [5.74, 6) is 0. The van der Waals surface area contributed by atoms with Crippen LogP contribution in [0.15, 0.2) is 0 Å². The summed E-state index contributed by atoms with van der Waals surface area (Å²) in [6, 6.07) is -0.0220. The molecular weight excluding hydrogens is 160 g/mol. The maximum atomic E-state index is 11.1. The number of nitrogens with one attached hydrogen (secondary N) is 1. The topological polar surface area (TPSA) is 32.3 Å². The minimum Gasteiger partial charge on any atom is -0.327 e. The number of hydrogen-bond acceptors (Lipinski definition) is 2. The maximum absolute atomic E-state index is 11.1. The van der Waals surface area contributed by atoms with Gasteiger partial charge in [0.1, 0.15) is 0 Å². The Bertz CT molecular complexity index is 128. The highest BCUT2D eigenvalue weighted by atomic mass is 32.2. The molecule has 2 amide bonds. The molecule has 0 rings (SSSR count). The van der Waals surface area contributed by atoms with E-state index in [1.165, 1.54) is 11.9 Å². The first-order chi connectivity index (χ1) is 5.07. The summed E-state index contributed by atoms with van der Waals surface area (Å²) < 4.78 is 2.74. The highest BCUT2D eigenvalue weighted by Gasteiger charge is 2.05. The van der Waals surface area contributed by atoms with Crippen molar-refractivity contribution < 1.29 is 4.79 Å². The summed E-state index contributed by atoms with van der Waals surface area (Å²) in [6.45, 7) is 6.76. The Morgan fingerprint density at radius 1 is 1.64 bits per heavy atom. The van der Waals surface area contributed by atoms with E-state index < -0.39 is 0 Å². The van der Waals surface area contributed by atoms with Gasteiger partial charge in [0, 0.05) is 18.8 Å². The highest BCUT2D eigenvalue weighted by molar-refractivity contribution is 7.98. The van der Waals surface area contributed by atoms with Crippen molar-refractivity contribution in [3.8, 4) is 0 Å². The molecule has 0 aromatic carbocycles. The number of amides is 2. The zero-order chi connectivity index (χ0) is 8.85. The van der Waals surface area contributed by atoms with Crippen molar-refractivity contribution in [1.29, 1.82) is 0 Å². The van der Waals surface area contributed by atoms with Crippen molar-refractivity contribution in [2.75, 3.05) is 13.6 Å². The zero-order valence-corrected chi connectivity index (χ0v) is 8.36. The van der Waals surface area contributed by atoms with Crippen LogP contribution in [0.4, 0.5) is 4.79 Å². The van der Waals surface area contributed by atoms with Gasteiger partial charge in [-0.05, 0) is 18.9 Å². The van der Waals surface area contributed by atoms with E-state index in [0.29, 0.717) is 5.25 Å². The summed E-state index contributed by atoms with van der Waals surface area (Å²) in [4.78, 5) is 12.7. The Kier molecular flexibility index (Phi) is 5.11. The summed E-state index contributed by atoms with van der Waals surface area (Å²) in [7, 11) is 1.77. The van der Waals surface area contributed by atoms with Crippen LogP contribution in [-0.2, 0) is 0 Å². The predicted molar refractivity (Wildman–Crippen MR) is 49.6 cm³/mol. The third kappa shape index (κ3) is 4.95. The molecule has 0 saturated carbocycles. The molecule has 0 radical (unpaired) electrons. The van der Waals surface area contributed by atoms with Gasteiger partial charge >= 0.3 is 6.03 Å². The molecule has 4 heteroatoms. The van der Waals surface area contributed by atoms with Gasteiger partial charge in [-0.25, -0.2) is 4.79 Å². The van der Waals surface area contributed by atoms with E-state index in [2.05, 4.69) is 4.72 Å². The summed E-state index contributed by atoms with van der Waals surface area (Å²) >= 11 is 1.44. The monoisotopic (exact) mass is 176 g/mol. The van der Waals surface area contributed by atoms with Gasteiger partial charge in [0.15, 0.2) is 0 Å². The molecule has 0 bridgehead atoms. The molecule has 0 unspecified atom stereocenters. The quantitative estimate of drug-likeness (QED) is 0.664. The Balaban J connectivity index is 3.52. The van der Waals surface area contributed by atoms with Crippen molar-refractivity contribution in [1.82, 2.24) is 9.62 Å². The number of rotatable bonds is 3. The van der Waals surface area contributed by atoms with Crippen molar-refractivity contribution in [3.63, 3.8) is 0 Å². The lowest BCUT2D eigenvalue weighted by Gasteiger charge is -2.15. The SMILES string of the molecule is CCN(C)C(=O)NSC(C)C. The van der Waals surface area contributed by atoms with Crippen LogP contribution in [0, 0.1) is 0 Å². The fraction of sp³-hybridized carbons (Fsp3) is 0.857. The Labute approximate surface area is 72.7 Å². The second-order valence-corrected chi connectivity index (χ2v) is 3.97. The molecule has 0 aromatic heterocycles. The molecule has 0 fully saturated rings. The molecule has 0 heterocycles. The Morgan fingerprint density at radius 2 is 2.18 bits per heavy atom. The first-order valence-electron chi connectivity index (χ1n) is 3.74. The number of carbonyl (C=O) groups is 1. The average Bonchev–Trinajstić information content (AvgIpc) is 1.98. The first kappa shape index (κ1) is 10.6. The number of carbonyl (C=O) groups excluding carboxylic acids is 1. The number of urea groups is 1. The van der Waals surface area contributed by atoms with Crippen molar-refractivity contribution >= 4 is 18.0 Å². The molecular formula is C7H16N2OS. The minimum atomic E-state index is -0.0220. The average molecular weight is 176 g/mol. The number of nitrogens with zero attached hydrogens (tertiary/aromatic N) is 1. The van der Waals surface area contributed by atoms with Gasteiger partial charge in [0.25, 0.3) is 0 Å². The third-order valence-electron chi connectivity index (χ3n) is 1.20. The van der Waals surface area contributed by atoms with Crippen LogP contribution < -0.4 is 4.72 Å². The first-order valence-corrected chi connectivity index (χ1v) is 4.62. The van der Waals surface area contributed by atoms with Gasteiger partial charge in [-0.1, -0.05) is 13.8 Å². The standard InChI is InChI=1S/C7H16N2OS/c1-5-9(4)7(10)8-11-6(2)3/h6H,5H2,1-4H3,(H,8,10). The van der Waals surface area contributed by atoms with Crippen LogP contribution in [0.3, 0.4) is 0 Å². The second-order valence-electron chi connectivity index (χ2n) is 2.59. The lowest BCUT2D eigenvalue weighted by atomic mass is 10.6. The molecule has 3 nitrogen and oxygen atoms in total. The fourth-order valence-electron chi connectivity index (χ4n) is 0.390. The minimum absolute atomic E-state index is 0.0220. The van der Waals surface area contributed by atoms with E-state index in [1.807, 2.05) is 20.8 Å². The van der Waals surface area contributed by atoms with Crippen LogP contribution in [0.1, 0.15) is 20.8 Å². The normalized spacial score (nSPS) is 9.91. The maximum Gasteiger partial charge on any atom is 0.327 e. The van der Waals surface area contributed by atoms with E-state index in [-0.39, 0.29) is 6.03 Å². The van der Waals surface area contributed by atoms with Gasteiger partial charge in [-0.3, -0.25) is 4.72 Å². The Hall–Kier alpha value is -0.380. The third-order valence-corrected chi connectivity index (χ3v) is 1.97. The molecule has 0 aliphatic heterocycles. The van der Waals surface area contributed by atoms with Crippen LogP contribution in [-0.4, -0.2) is 29.8 Å². The van der Waals surface area contributed by atoms with Crippen LogP contribution in [0.5, 0.6) is 0 Å². The zero-order valence-electron chi connectivity index (χ0n) is 7.55.